The summed E-state index contributed by atoms with van der Waals surface area (Å²) in [5.41, 5.74) is -0.0362. The van der Waals surface area contributed by atoms with Crippen LogP contribution in [-0.4, -0.2) is 41.1 Å². The molecule has 0 amide bonds. The predicted molar refractivity (Wildman–Crippen MR) is 46.5 cm³/mol. The Balaban J connectivity index is 2.51. The lowest BCUT2D eigenvalue weighted by Crippen LogP contribution is -2.45. The number of carboxylic acid groups (broad SMARTS) is 1. The number of nitrogens with one attached hydrogen (secondary N) is 1. The fourth-order valence-electron chi connectivity index (χ4n) is 1.36. The minimum Gasteiger partial charge on any atom is -0.478 e. The molecule has 0 aromatic carbocycles. The molecular weight excluding hydrogens is 229 g/mol. The molecule has 0 radical (unpaired) electrons. The summed E-state index contributed by atoms with van der Waals surface area (Å²) in [6.45, 7) is 0. The third-order valence-corrected chi connectivity index (χ3v) is 1.97. The van der Waals surface area contributed by atoms with E-state index >= 15 is 0 Å². The van der Waals surface area contributed by atoms with Crippen molar-refractivity contribution in [3.63, 3.8) is 0 Å². The molecule has 2 aliphatic heterocycles. The molecule has 0 saturated carbocycles. The van der Waals surface area contributed by atoms with Gasteiger partial charge in [-0.3, -0.25) is 5.43 Å². The van der Waals surface area contributed by atoms with Crippen LogP contribution in [0.2, 0.25) is 0 Å². The fourth-order valence-corrected chi connectivity index (χ4v) is 1.36. The number of allylic oxidation sites excluding steroid dienone is 1. The molecule has 1 atom stereocenters. The first kappa shape index (κ1) is 10.5. The average molecular weight is 234 g/mol. The number of fused-ring (bicyclic) bond motifs is 1. The number of hydrazine groups is 1. The fraction of sp³-hybridized carbons (Fsp3) is 0.286. The lowest BCUT2D eigenvalue weighted by atomic mass is 10.2. The summed E-state index contributed by atoms with van der Waals surface area (Å²) in [7, 11) is 0. The number of aliphatic imine (C=N–C) groups is 2. The van der Waals surface area contributed by atoms with Crippen molar-refractivity contribution in [2.45, 2.75) is 12.5 Å². The number of hydrogen-bond acceptors (Lipinski definition) is 5. The Morgan fingerprint density at radius 2 is 2.19 bits per heavy atom. The molecule has 6 nitrogen and oxygen atoms in total. The summed E-state index contributed by atoms with van der Waals surface area (Å²) in [5.74, 6) is -1.69. The van der Waals surface area contributed by atoms with Crippen LogP contribution in [0.15, 0.2) is 21.3 Å². The SMILES string of the molecule is O=C(O)C1=C(C(F)(F)F)N2NC=N[C@H]2N=C1. The molecule has 0 aliphatic carbocycles. The van der Waals surface area contributed by atoms with Crippen LogP contribution in [0, 0.1) is 0 Å². The zero-order valence-electron chi connectivity index (χ0n) is 7.56. The summed E-state index contributed by atoms with van der Waals surface area (Å²) < 4.78 is 38.0. The smallest absolute Gasteiger partial charge is 0.433 e. The molecule has 2 aliphatic rings. The number of nitrogens with zero attached hydrogens (tertiary/aromatic N) is 3. The number of alkyl halides is 3. The molecule has 0 spiro atoms. The Morgan fingerprint density at radius 3 is 2.75 bits per heavy atom. The minimum absolute atomic E-state index is 0.559. The Morgan fingerprint density at radius 1 is 1.50 bits per heavy atom. The highest BCUT2D eigenvalue weighted by atomic mass is 19.4. The molecule has 2 N–H and O–H groups in total. The molecular formula is C7H5F3N4O2. The molecule has 9 heteroatoms. The maximum atomic E-state index is 12.7. The van der Waals surface area contributed by atoms with Crippen LogP contribution in [-0.2, 0) is 4.79 Å². The van der Waals surface area contributed by atoms with Crippen LogP contribution in [0.4, 0.5) is 13.2 Å². The van der Waals surface area contributed by atoms with Gasteiger partial charge in [-0.1, -0.05) is 0 Å². The van der Waals surface area contributed by atoms with Crippen LogP contribution >= 0.6 is 0 Å². The average Bonchev–Trinajstić information content (AvgIpc) is 2.61. The zero-order valence-corrected chi connectivity index (χ0v) is 7.56. The van der Waals surface area contributed by atoms with E-state index < -0.39 is 29.7 Å². The Kier molecular flexibility index (Phi) is 2.10. The summed E-state index contributed by atoms with van der Waals surface area (Å²) in [6.07, 6.45) is -4.20. The lowest BCUT2D eigenvalue weighted by molar-refractivity contribution is -0.136. The number of carbonyl (C=O) groups is 1. The van der Waals surface area contributed by atoms with E-state index in [1.54, 1.807) is 0 Å². The normalized spacial score (nSPS) is 23.4. The number of hydrogen-bond donors (Lipinski definition) is 2. The Bertz CT molecular complexity index is 426. The van der Waals surface area contributed by atoms with E-state index in [2.05, 4.69) is 15.4 Å². The van der Waals surface area contributed by atoms with Crippen molar-refractivity contribution in [2.24, 2.45) is 9.98 Å². The molecule has 0 bridgehead atoms. The first-order valence-corrected chi connectivity index (χ1v) is 4.06. The van der Waals surface area contributed by atoms with Gasteiger partial charge >= 0.3 is 12.1 Å². The van der Waals surface area contributed by atoms with Gasteiger partial charge in [0.2, 0.25) is 6.29 Å². The number of aliphatic carboxylic acids is 1. The first-order chi connectivity index (χ1) is 7.41. The van der Waals surface area contributed by atoms with Gasteiger partial charge in [0.15, 0.2) is 5.70 Å². The molecule has 0 fully saturated rings. The van der Waals surface area contributed by atoms with Crippen molar-refractivity contribution in [2.75, 3.05) is 0 Å². The molecule has 0 aromatic heterocycles. The van der Waals surface area contributed by atoms with E-state index in [-0.39, 0.29) is 0 Å². The monoisotopic (exact) mass is 234 g/mol. The minimum atomic E-state index is -4.79. The number of halogens is 3. The van der Waals surface area contributed by atoms with Gasteiger partial charge in [-0.05, 0) is 0 Å². The highest BCUT2D eigenvalue weighted by Gasteiger charge is 2.46. The second kappa shape index (κ2) is 3.22. The lowest BCUT2D eigenvalue weighted by Gasteiger charge is -2.29. The first-order valence-electron chi connectivity index (χ1n) is 4.06. The van der Waals surface area contributed by atoms with E-state index in [1.165, 1.54) is 0 Å². The molecule has 0 aromatic rings. The molecule has 86 valence electrons. The predicted octanol–water partition coefficient (Wildman–Crippen LogP) is 0.104. The number of carboxylic acids is 1. The molecule has 0 unspecified atom stereocenters. The zero-order chi connectivity index (χ0) is 11.9. The summed E-state index contributed by atoms with van der Waals surface area (Å²) in [6, 6.07) is 0. The number of rotatable bonds is 1. The van der Waals surface area contributed by atoms with Gasteiger partial charge in [0, 0.05) is 6.21 Å². The summed E-state index contributed by atoms with van der Waals surface area (Å²) in [4.78, 5) is 17.8. The van der Waals surface area contributed by atoms with Gasteiger partial charge in [-0.25, -0.2) is 19.8 Å². The second-order valence-electron chi connectivity index (χ2n) is 2.97. The highest BCUT2D eigenvalue weighted by molar-refractivity contribution is 6.10. The van der Waals surface area contributed by atoms with Crippen molar-refractivity contribution < 1.29 is 23.1 Å². The van der Waals surface area contributed by atoms with Crippen molar-refractivity contribution in [3.05, 3.63) is 11.3 Å². The van der Waals surface area contributed by atoms with Gasteiger partial charge in [0.05, 0.1) is 0 Å². The largest absolute Gasteiger partial charge is 0.478 e. The van der Waals surface area contributed by atoms with Crippen LogP contribution in [0.25, 0.3) is 0 Å². The molecule has 2 rings (SSSR count). The maximum absolute atomic E-state index is 12.7. The topological polar surface area (TPSA) is 77.3 Å². The highest BCUT2D eigenvalue weighted by Crippen LogP contribution is 2.34. The van der Waals surface area contributed by atoms with Crippen molar-refractivity contribution in [1.29, 1.82) is 0 Å². The van der Waals surface area contributed by atoms with E-state index in [4.69, 9.17) is 5.11 Å². The van der Waals surface area contributed by atoms with Gasteiger partial charge in [-0.2, -0.15) is 13.2 Å². The van der Waals surface area contributed by atoms with Crippen LogP contribution in [0.1, 0.15) is 0 Å². The maximum Gasteiger partial charge on any atom is 0.433 e. The molecule has 16 heavy (non-hydrogen) atoms. The van der Waals surface area contributed by atoms with Gasteiger partial charge in [-0.15, -0.1) is 0 Å². The quantitative estimate of drug-likeness (QED) is 0.674. The molecule has 0 saturated heterocycles. The molecule has 2 heterocycles. The van der Waals surface area contributed by atoms with E-state index in [9.17, 15) is 18.0 Å². The van der Waals surface area contributed by atoms with Crippen LogP contribution < -0.4 is 5.43 Å². The van der Waals surface area contributed by atoms with Crippen molar-refractivity contribution >= 4 is 18.5 Å². The van der Waals surface area contributed by atoms with E-state index in [0.29, 0.717) is 11.2 Å². The Labute approximate surface area is 86.8 Å². The summed E-state index contributed by atoms with van der Waals surface area (Å²) in [5, 5.41) is 9.21. The summed E-state index contributed by atoms with van der Waals surface area (Å²) >= 11 is 0. The third kappa shape index (κ3) is 1.49. The van der Waals surface area contributed by atoms with Gasteiger partial charge in [0.1, 0.15) is 11.9 Å². The standard InChI is InChI=1S/C7H5F3N4O2/c8-7(9,10)4-3(5(15)16)1-11-6-12-2-13-14(4)6/h1-2,6H,(H,12,13)(H,15,16)/t6-/m1/s1. The van der Waals surface area contributed by atoms with Crippen molar-refractivity contribution in [3.8, 4) is 0 Å². The third-order valence-electron chi connectivity index (χ3n) is 1.97. The van der Waals surface area contributed by atoms with Gasteiger partial charge in [0.25, 0.3) is 0 Å². The van der Waals surface area contributed by atoms with E-state index in [0.717, 1.165) is 6.34 Å². The Hall–Kier alpha value is -2.06. The van der Waals surface area contributed by atoms with Crippen LogP contribution in [0.5, 0.6) is 0 Å². The van der Waals surface area contributed by atoms with E-state index in [1.807, 2.05) is 0 Å². The van der Waals surface area contributed by atoms with Crippen LogP contribution in [0.3, 0.4) is 0 Å². The van der Waals surface area contributed by atoms with Gasteiger partial charge < -0.3 is 5.11 Å². The second-order valence-corrected chi connectivity index (χ2v) is 2.97. The van der Waals surface area contributed by atoms with Crippen molar-refractivity contribution in [1.82, 2.24) is 10.4 Å².